The number of carbonyl (C=O) groups is 2. The molecule has 0 saturated carbocycles. The molecule has 1 amide bonds. The van der Waals surface area contributed by atoms with Gasteiger partial charge in [-0.2, -0.15) is 0 Å². The average Bonchev–Trinajstić information content (AvgIpc) is 2.28. The number of ether oxygens (including phenoxy) is 1. The molecule has 6 heteroatoms. The van der Waals surface area contributed by atoms with E-state index >= 15 is 0 Å². The van der Waals surface area contributed by atoms with E-state index in [1.54, 1.807) is 0 Å². The lowest BCUT2D eigenvalue weighted by Gasteiger charge is -2.26. The Labute approximate surface area is 100 Å². The molecule has 1 aliphatic rings. The summed E-state index contributed by atoms with van der Waals surface area (Å²) in [6.45, 7) is 4.77. The summed E-state index contributed by atoms with van der Waals surface area (Å²) in [6.07, 6.45) is 0.274. The van der Waals surface area contributed by atoms with Gasteiger partial charge in [-0.3, -0.25) is 14.5 Å². The quantitative estimate of drug-likeness (QED) is 0.672. The number of amides is 1. The molecule has 0 unspecified atom stereocenters. The molecule has 0 aliphatic carbocycles. The Morgan fingerprint density at radius 1 is 1.25 bits per heavy atom. The van der Waals surface area contributed by atoms with Gasteiger partial charge in [-0.25, -0.2) is 0 Å². The fourth-order valence-electron chi connectivity index (χ4n) is 1.48. The summed E-state index contributed by atoms with van der Waals surface area (Å²) in [5.74, 6) is -0.123. The third-order valence-electron chi connectivity index (χ3n) is 2.40. The predicted octanol–water partition coefficient (Wildman–Crippen LogP) is -0.0196. The van der Waals surface area contributed by atoms with Gasteiger partial charge in [0, 0.05) is 39.0 Å². The molecule has 1 heterocycles. The van der Waals surface area contributed by atoms with Crippen LogP contribution >= 0.6 is 11.6 Å². The molecule has 1 saturated heterocycles. The smallest absolute Gasteiger partial charge is 0.222 e. The van der Waals surface area contributed by atoms with Gasteiger partial charge in [-0.05, 0) is 11.6 Å². The van der Waals surface area contributed by atoms with E-state index in [4.69, 9.17) is 16.3 Å². The van der Waals surface area contributed by atoms with Gasteiger partial charge in [-0.15, -0.1) is 0 Å². The molecule has 0 atom stereocenters. The summed E-state index contributed by atoms with van der Waals surface area (Å²) in [5.41, 5.74) is 0. The van der Waals surface area contributed by atoms with E-state index in [-0.39, 0.29) is 18.7 Å². The van der Waals surface area contributed by atoms with Crippen molar-refractivity contribution in [2.75, 3.05) is 39.4 Å². The molecule has 0 spiro atoms. The third kappa shape index (κ3) is 6.05. The maximum absolute atomic E-state index is 11.2. The Morgan fingerprint density at radius 2 is 1.94 bits per heavy atom. The van der Waals surface area contributed by atoms with E-state index in [9.17, 15) is 9.59 Å². The molecule has 92 valence electrons. The molecule has 5 nitrogen and oxygen atoms in total. The van der Waals surface area contributed by atoms with Gasteiger partial charge in [0.2, 0.25) is 11.1 Å². The average molecular weight is 249 g/mol. The first-order chi connectivity index (χ1) is 7.68. The van der Waals surface area contributed by atoms with Gasteiger partial charge in [0.1, 0.15) is 0 Å². The van der Waals surface area contributed by atoms with Crippen molar-refractivity contribution >= 4 is 22.8 Å². The predicted molar refractivity (Wildman–Crippen MR) is 60.4 cm³/mol. The Morgan fingerprint density at radius 3 is 2.56 bits per heavy atom. The summed E-state index contributed by atoms with van der Waals surface area (Å²) in [6, 6.07) is 0. The Hall–Kier alpha value is -0.650. The highest BCUT2D eigenvalue weighted by Crippen LogP contribution is 1.96. The van der Waals surface area contributed by atoms with E-state index in [1.165, 1.54) is 0 Å². The van der Waals surface area contributed by atoms with Crippen molar-refractivity contribution in [2.45, 2.75) is 12.8 Å². The van der Waals surface area contributed by atoms with Crippen molar-refractivity contribution in [3.05, 3.63) is 0 Å². The van der Waals surface area contributed by atoms with Gasteiger partial charge in [-0.1, -0.05) is 0 Å². The van der Waals surface area contributed by atoms with Gasteiger partial charge >= 0.3 is 0 Å². The lowest BCUT2D eigenvalue weighted by molar-refractivity contribution is -0.123. The Balaban J connectivity index is 2.01. The highest BCUT2D eigenvalue weighted by molar-refractivity contribution is 6.63. The first-order valence-electron chi connectivity index (χ1n) is 5.43. The van der Waals surface area contributed by atoms with Crippen LogP contribution in [0.15, 0.2) is 0 Å². The number of halogens is 1. The fraction of sp³-hybridized carbons (Fsp3) is 0.800. The van der Waals surface area contributed by atoms with Crippen LogP contribution in [0.5, 0.6) is 0 Å². The number of nitrogens with zero attached hydrogens (tertiary/aromatic N) is 1. The molecule has 16 heavy (non-hydrogen) atoms. The standard InChI is InChI=1S/C10H17ClN2O3/c11-9(14)1-2-10(15)12-3-4-13-5-7-16-8-6-13/h1-8H2,(H,12,15). The summed E-state index contributed by atoms with van der Waals surface area (Å²) in [4.78, 5) is 23.9. The summed E-state index contributed by atoms with van der Waals surface area (Å²) in [5, 5.41) is 2.28. The van der Waals surface area contributed by atoms with E-state index in [0.29, 0.717) is 6.54 Å². The minimum Gasteiger partial charge on any atom is -0.379 e. The lowest BCUT2D eigenvalue weighted by Crippen LogP contribution is -2.41. The zero-order valence-electron chi connectivity index (χ0n) is 9.21. The normalized spacial score (nSPS) is 17.1. The number of morpholine rings is 1. The number of rotatable bonds is 6. The summed E-state index contributed by atoms with van der Waals surface area (Å²) in [7, 11) is 0. The maximum Gasteiger partial charge on any atom is 0.222 e. The Bertz CT molecular complexity index is 242. The second-order valence-electron chi connectivity index (χ2n) is 3.66. The second-order valence-corrected chi connectivity index (χ2v) is 4.08. The van der Waals surface area contributed by atoms with Crippen LogP contribution in [0.3, 0.4) is 0 Å². The van der Waals surface area contributed by atoms with Crippen molar-refractivity contribution in [3.63, 3.8) is 0 Å². The highest BCUT2D eigenvalue weighted by Gasteiger charge is 2.10. The van der Waals surface area contributed by atoms with Gasteiger partial charge < -0.3 is 10.1 Å². The van der Waals surface area contributed by atoms with Crippen LogP contribution < -0.4 is 5.32 Å². The van der Waals surface area contributed by atoms with Crippen LogP contribution in [-0.4, -0.2) is 55.4 Å². The molecule has 1 fully saturated rings. The largest absolute Gasteiger partial charge is 0.379 e. The van der Waals surface area contributed by atoms with Crippen molar-refractivity contribution < 1.29 is 14.3 Å². The number of nitrogens with one attached hydrogen (secondary N) is 1. The summed E-state index contributed by atoms with van der Waals surface area (Å²) >= 11 is 5.14. The van der Waals surface area contributed by atoms with Crippen molar-refractivity contribution in [1.29, 1.82) is 0 Å². The van der Waals surface area contributed by atoms with Crippen LogP contribution in [0.2, 0.25) is 0 Å². The first kappa shape index (κ1) is 13.4. The molecule has 0 aromatic rings. The summed E-state index contributed by atoms with van der Waals surface area (Å²) < 4.78 is 5.21. The Kier molecular flexibility index (Phi) is 6.37. The van der Waals surface area contributed by atoms with E-state index in [1.807, 2.05) is 0 Å². The van der Waals surface area contributed by atoms with E-state index < -0.39 is 5.24 Å². The molecular weight excluding hydrogens is 232 g/mol. The molecule has 1 rings (SSSR count). The van der Waals surface area contributed by atoms with Gasteiger partial charge in [0.25, 0.3) is 0 Å². The van der Waals surface area contributed by atoms with Gasteiger partial charge in [0.05, 0.1) is 13.2 Å². The number of carbonyl (C=O) groups excluding carboxylic acids is 2. The molecule has 0 radical (unpaired) electrons. The second kappa shape index (κ2) is 7.60. The van der Waals surface area contributed by atoms with E-state index in [0.717, 1.165) is 32.8 Å². The highest BCUT2D eigenvalue weighted by atomic mass is 35.5. The van der Waals surface area contributed by atoms with Crippen LogP contribution in [0.25, 0.3) is 0 Å². The maximum atomic E-state index is 11.2. The lowest BCUT2D eigenvalue weighted by atomic mass is 10.3. The van der Waals surface area contributed by atoms with Crippen molar-refractivity contribution in [2.24, 2.45) is 0 Å². The van der Waals surface area contributed by atoms with Crippen molar-refractivity contribution in [1.82, 2.24) is 10.2 Å². The molecule has 0 aromatic carbocycles. The van der Waals surface area contributed by atoms with Crippen LogP contribution in [0.1, 0.15) is 12.8 Å². The molecule has 1 N–H and O–H groups in total. The van der Waals surface area contributed by atoms with Crippen LogP contribution in [0.4, 0.5) is 0 Å². The third-order valence-corrected chi connectivity index (χ3v) is 2.59. The van der Waals surface area contributed by atoms with Gasteiger partial charge in [0.15, 0.2) is 0 Å². The first-order valence-corrected chi connectivity index (χ1v) is 5.81. The number of hydrogen-bond donors (Lipinski definition) is 1. The zero-order valence-corrected chi connectivity index (χ0v) is 9.96. The zero-order chi connectivity index (χ0) is 11.8. The molecule has 0 bridgehead atoms. The van der Waals surface area contributed by atoms with Crippen LogP contribution in [0, 0.1) is 0 Å². The minimum absolute atomic E-state index is 0.102. The van der Waals surface area contributed by atoms with E-state index in [2.05, 4.69) is 10.2 Å². The molecular formula is C10H17ClN2O3. The SMILES string of the molecule is O=C(Cl)CCC(=O)NCCN1CCOCC1. The topological polar surface area (TPSA) is 58.6 Å². The molecule has 0 aromatic heterocycles. The van der Waals surface area contributed by atoms with Crippen molar-refractivity contribution in [3.8, 4) is 0 Å². The minimum atomic E-state index is -0.469. The number of hydrogen-bond acceptors (Lipinski definition) is 4. The van der Waals surface area contributed by atoms with Crippen LogP contribution in [-0.2, 0) is 14.3 Å². The monoisotopic (exact) mass is 248 g/mol. The fourth-order valence-corrected chi connectivity index (χ4v) is 1.57. The molecule has 1 aliphatic heterocycles.